The highest BCUT2D eigenvalue weighted by atomic mass is 16.5. The lowest BCUT2D eigenvalue weighted by atomic mass is 9.77. The summed E-state index contributed by atoms with van der Waals surface area (Å²) in [7, 11) is 3.55. The first kappa shape index (κ1) is 18.3. The minimum atomic E-state index is -0.0481. The summed E-state index contributed by atoms with van der Waals surface area (Å²) in [6, 6.07) is 5.75. The maximum atomic E-state index is 12.8. The maximum Gasteiger partial charge on any atom is 0.239 e. The molecule has 146 valence electrons. The molecule has 3 heterocycles. The van der Waals surface area contributed by atoms with Gasteiger partial charge in [-0.15, -0.1) is 0 Å². The van der Waals surface area contributed by atoms with Gasteiger partial charge in [-0.3, -0.25) is 4.79 Å². The standard InChI is InChI=1S/C20H29N5O2/c1-25(19(26)17-12-20(13-22-17)6-8-21-9-7-20)10-5-18-23-15-4-3-14(27-2)11-16(15)24-18/h3-4,11,17,21-22H,5-10,12-13H2,1-2H3,(H,23,24)/t17-/m0/s1. The van der Waals surface area contributed by atoms with E-state index >= 15 is 0 Å². The number of carbonyl (C=O) groups is 1. The first-order valence-corrected chi connectivity index (χ1v) is 9.80. The zero-order valence-electron chi connectivity index (χ0n) is 16.2. The van der Waals surface area contributed by atoms with Crippen molar-refractivity contribution in [1.29, 1.82) is 0 Å². The van der Waals surface area contributed by atoms with E-state index in [1.807, 2.05) is 30.1 Å². The Kier molecular flexibility index (Phi) is 5.06. The fraction of sp³-hybridized carbons (Fsp3) is 0.600. The fourth-order valence-electron chi connectivity index (χ4n) is 4.37. The lowest BCUT2D eigenvalue weighted by Crippen LogP contribution is -2.42. The Morgan fingerprint density at radius 1 is 1.37 bits per heavy atom. The molecule has 7 nitrogen and oxygen atoms in total. The van der Waals surface area contributed by atoms with Crippen molar-refractivity contribution in [3.8, 4) is 5.75 Å². The molecule has 1 spiro atoms. The molecule has 2 saturated heterocycles. The molecular weight excluding hydrogens is 342 g/mol. The van der Waals surface area contributed by atoms with Crippen LogP contribution >= 0.6 is 0 Å². The van der Waals surface area contributed by atoms with Crippen LogP contribution in [0.5, 0.6) is 5.75 Å². The van der Waals surface area contributed by atoms with Crippen LogP contribution in [-0.2, 0) is 11.2 Å². The Morgan fingerprint density at radius 2 is 2.19 bits per heavy atom. The van der Waals surface area contributed by atoms with Crippen molar-refractivity contribution in [2.45, 2.75) is 31.7 Å². The quantitative estimate of drug-likeness (QED) is 0.738. The van der Waals surface area contributed by atoms with Gasteiger partial charge in [0.25, 0.3) is 0 Å². The molecule has 1 amide bonds. The molecule has 1 aromatic carbocycles. The lowest BCUT2D eigenvalue weighted by Gasteiger charge is -2.33. The highest BCUT2D eigenvalue weighted by Gasteiger charge is 2.42. The van der Waals surface area contributed by atoms with E-state index < -0.39 is 0 Å². The summed E-state index contributed by atoms with van der Waals surface area (Å²) in [5.74, 6) is 1.90. The third-order valence-corrected chi connectivity index (χ3v) is 6.12. The molecule has 2 aliphatic heterocycles. The van der Waals surface area contributed by atoms with Gasteiger partial charge in [0.1, 0.15) is 11.6 Å². The summed E-state index contributed by atoms with van der Waals surface area (Å²) in [6.45, 7) is 3.75. The summed E-state index contributed by atoms with van der Waals surface area (Å²) in [5.41, 5.74) is 2.19. The molecule has 0 saturated carbocycles. The van der Waals surface area contributed by atoms with Crippen molar-refractivity contribution in [2.24, 2.45) is 5.41 Å². The molecule has 2 aliphatic rings. The predicted molar refractivity (Wildman–Crippen MR) is 105 cm³/mol. The number of imidazole rings is 1. The second kappa shape index (κ2) is 7.48. The molecule has 1 atom stereocenters. The Hall–Kier alpha value is -2.12. The molecule has 0 unspecified atom stereocenters. The second-order valence-corrected chi connectivity index (χ2v) is 7.96. The summed E-state index contributed by atoms with van der Waals surface area (Å²) < 4.78 is 5.25. The molecule has 2 aromatic rings. The van der Waals surface area contributed by atoms with Crippen LogP contribution in [0.25, 0.3) is 11.0 Å². The number of carbonyl (C=O) groups excluding carboxylic acids is 1. The number of benzene rings is 1. The Morgan fingerprint density at radius 3 is 2.96 bits per heavy atom. The van der Waals surface area contributed by atoms with Crippen LogP contribution in [0.4, 0.5) is 0 Å². The van der Waals surface area contributed by atoms with Crippen LogP contribution in [0.3, 0.4) is 0 Å². The number of nitrogens with zero attached hydrogens (tertiary/aromatic N) is 2. The van der Waals surface area contributed by atoms with Crippen LogP contribution in [0, 0.1) is 5.41 Å². The number of ether oxygens (including phenoxy) is 1. The average molecular weight is 371 g/mol. The van der Waals surface area contributed by atoms with Gasteiger partial charge in [-0.25, -0.2) is 4.98 Å². The molecule has 2 fully saturated rings. The van der Waals surface area contributed by atoms with Crippen LogP contribution in [0.1, 0.15) is 25.1 Å². The zero-order chi connectivity index (χ0) is 18.9. The third kappa shape index (κ3) is 3.80. The highest BCUT2D eigenvalue weighted by molar-refractivity contribution is 5.82. The number of fused-ring (bicyclic) bond motifs is 1. The SMILES string of the molecule is COc1ccc2nc(CCN(C)C(=O)[C@@H]3CC4(CCNCC4)CN3)[nH]c2c1. The first-order valence-electron chi connectivity index (χ1n) is 9.80. The predicted octanol–water partition coefficient (Wildman–Crippen LogP) is 1.30. The van der Waals surface area contributed by atoms with Crippen LogP contribution in [0.2, 0.25) is 0 Å². The molecular formula is C20H29N5O2. The van der Waals surface area contributed by atoms with Crippen LogP contribution in [-0.4, -0.2) is 67.2 Å². The van der Waals surface area contributed by atoms with E-state index in [-0.39, 0.29) is 11.9 Å². The van der Waals surface area contributed by atoms with Crippen molar-refractivity contribution < 1.29 is 9.53 Å². The number of aromatic amines is 1. The highest BCUT2D eigenvalue weighted by Crippen LogP contribution is 2.37. The lowest BCUT2D eigenvalue weighted by molar-refractivity contribution is -0.131. The topological polar surface area (TPSA) is 82.3 Å². The van der Waals surface area contributed by atoms with Gasteiger partial charge in [0.05, 0.1) is 24.2 Å². The fourth-order valence-corrected chi connectivity index (χ4v) is 4.37. The Bertz CT molecular complexity index is 812. The largest absolute Gasteiger partial charge is 0.497 e. The molecule has 4 rings (SSSR count). The second-order valence-electron chi connectivity index (χ2n) is 7.96. The number of amides is 1. The van der Waals surface area contributed by atoms with Gasteiger partial charge in [0.15, 0.2) is 0 Å². The molecule has 0 aliphatic carbocycles. The van der Waals surface area contributed by atoms with Gasteiger partial charge < -0.3 is 25.3 Å². The Balaban J connectivity index is 1.33. The molecule has 27 heavy (non-hydrogen) atoms. The number of methoxy groups -OCH3 is 1. The zero-order valence-corrected chi connectivity index (χ0v) is 16.2. The number of piperidine rings is 1. The molecule has 0 radical (unpaired) electrons. The van der Waals surface area contributed by atoms with Gasteiger partial charge in [0.2, 0.25) is 5.91 Å². The van der Waals surface area contributed by atoms with Crippen molar-refractivity contribution in [3.05, 3.63) is 24.0 Å². The van der Waals surface area contributed by atoms with E-state index in [0.29, 0.717) is 18.4 Å². The van der Waals surface area contributed by atoms with Gasteiger partial charge >= 0.3 is 0 Å². The number of hydrogen-bond donors (Lipinski definition) is 3. The number of likely N-dealkylation sites (N-methyl/N-ethyl adjacent to an activating group) is 1. The van der Waals surface area contributed by atoms with Gasteiger partial charge in [-0.2, -0.15) is 0 Å². The molecule has 1 aromatic heterocycles. The molecule has 3 N–H and O–H groups in total. The summed E-state index contributed by atoms with van der Waals surface area (Å²) in [6.07, 6.45) is 4.00. The van der Waals surface area contributed by atoms with Crippen molar-refractivity contribution in [2.75, 3.05) is 40.3 Å². The normalized spacial score (nSPS) is 21.6. The first-order chi connectivity index (χ1) is 13.1. The molecule has 7 heteroatoms. The summed E-state index contributed by atoms with van der Waals surface area (Å²) >= 11 is 0. The van der Waals surface area contributed by atoms with E-state index in [2.05, 4.69) is 20.6 Å². The van der Waals surface area contributed by atoms with Crippen LogP contribution < -0.4 is 15.4 Å². The molecule has 0 bridgehead atoms. The van der Waals surface area contributed by atoms with Crippen molar-refractivity contribution >= 4 is 16.9 Å². The summed E-state index contributed by atoms with van der Waals surface area (Å²) in [5, 5.41) is 6.89. The Labute approximate surface area is 159 Å². The van der Waals surface area contributed by atoms with Gasteiger partial charge in [-0.05, 0) is 49.9 Å². The van der Waals surface area contributed by atoms with Crippen LogP contribution in [0.15, 0.2) is 18.2 Å². The minimum Gasteiger partial charge on any atom is -0.497 e. The van der Waals surface area contributed by atoms with E-state index in [1.54, 1.807) is 7.11 Å². The van der Waals surface area contributed by atoms with E-state index in [9.17, 15) is 4.79 Å². The number of rotatable bonds is 5. The van der Waals surface area contributed by atoms with Gasteiger partial charge in [-0.1, -0.05) is 0 Å². The van der Waals surface area contributed by atoms with Gasteiger partial charge in [0, 0.05) is 32.6 Å². The third-order valence-electron chi connectivity index (χ3n) is 6.12. The van der Waals surface area contributed by atoms with E-state index in [1.165, 1.54) is 0 Å². The number of aromatic nitrogens is 2. The number of H-pyrrole nitrogens is 1. The number of nitrogens with one attached hydrogen (secondary N) is 3. The van der Waals surface area contributed by atoms with E-state index in [0.717, 1.165) is 61.5 Å². The smallest absolute Gasteiger partial charge is 0.239 e. The monoisotopic (exact) mass is 371 g/mol. The van der Waals surface area contributed by atoms with Crippen molar-refractivity contribution in [3.63, 3.8) is 0 Å². The van der Waals surface area contributed by atoms with Crippen molar-refractivity contribution in [1.82, 2.24) is 25.5 Å². The number of hydrogen-bond acceptors (Lipinski definition) is 5. The maximum absolute atomic E-state index is 12.8. The van der Waals surface area contributed by atoms with E-state index in [4.69, 9.17) is 4.74 Å². The minimum absolute atomic E-state index is 0.0481. The summed E-state index contributed by atoms with van der Waals surface area (Å²) in [4.78, 5) is 22.6. The average Bonchev–Trinajstić information content (AvgIpc) is 3.29.